The topological polar surface area (TPSA) is 80.3 Å². The molecule has 3 aromatic carbocycles. The molecule has 0 saturated carbocycles. The molecule has 0 spiro atoms. The first-order chi connectivity index (χ1) is 13.4. The molecule has 7 heteroatoms. The van der Waals surface area contributed by atoms with E-state index in [1.807, 2.05) is 0 Å². The number of hydrogen-bond acceptors (Lipinski definition) is 4. The Kier molecular flexibility index (Phi) is 4.63. The Morgan fingerprint density at radius 3 is 2.14 bits per heavy atom. The molecule has 0 bridgehead atoms. The van der Waals surface area contributed by atoms with Gasteiger partial charge in [0.1, 0.15) is 0 Å². The van der Waals surface area contributed by atoms with Gasteiger partial charge in [0.05, 0.1) is 10.5 Å². The fourth-order valence-electron chi connectivity index (χ4n) is 3.24. The van der Waals surface area contributed by atoms with Crippen molar-refractivity contribution in [3.63, 3.8) is 0 Å². The number of benzene rings is 3. The molecule has 1 N–H and O–H groups in total. The van der Waals surface area contributed by atoms with Crippen LogP contribution in [0.15, 0.2) is 71.6 Å². The van der Waals surface area contributed by atoms with Crippen molar-refractivity contribution >= 4 is 33.2 Å². The Hall–Kier alpha value is -2.80. The van der Waals surface area contributed by atoms with Crippen molar-refractivity contribution in [2.45, 2.75) is 11.4 Å². The van der Waals surface area contributed by atoms with E-state index in [9.17, 15) is 18.0 Å². The van der Waals surface area contributed by atoms with Crippen molar-refractivity contribution in [2.75, 3.05) is 0 Å². The molecule has 1 aliphatic carbocycles. The van der Waals surface area contributed by atoms with E-state index in [0.717, 1.165) is 0 Å². The van der Waals surface area contributed by atoms with Crippen LogP contribution in [0.3, 0.4) is 0 Å². The molecule has 28 heavy (non-hydrogen) atoms. The Balaban J connectivity index is 1.75. The number of rotatable bonds is 4. The first-order valence-electron chi connectivity index (χ1n) is 8.44. The summed E-state index contributed by atoms with van der Waals surface area (Å²) in [7, 11) is -4.04. The number of hydrogen-bond donors (Lipinski definition) is 1. The summed E-state index contributed by atoms with van der Waals surface area (Å²) in [5.74, 6) is -0.842. The molecule has 0 unspecified atom stereocenters. The zero-order chi connectivity index (χ0) is 19.9. The van der Waals surface area contributed by atoms with Crippen LogP contribution in [0.25, 0.3) is 0 Å². The van der Waals surface area contributed by atoms with Gasteiger partial charge >= 0.3 is 0 Å². The van der Waals surface area contributed by atoms with E-state index in [4.69, 9.17) is 11.6 Å². The lowest BCUT2D eigenvalue weighted by molar-refractivity contribution is 0.0976. The van der Waals surface area contributed by atoms with E-state index in [1.165, 1.54) is 24.3 Å². The van der Waals surface area contributed by atoms with Gasteiger partial charge in [-0.2, -0.15) is 0 Å². The van der Waals surface area contributed by atoms with Gasteiger partial charge in [-0.25, -0.2) is 13.1 Å². The van der Waals surface area contributed by atoms with Crippen LogP contribution in [-0.4, -0.2) is 20.0 Å². The third-order valence-corrected chi connectivity index (χ3v) is 6.24. The minimum atomic E-state index is -4.04. The maximum Gasteiger partial charge on any atom is 0.241 e. The Labute approximate surface area is 167 Å². The number of ketones is 2. The lowest BCUT2D eigenvalue weighted by Gasteiger charge is -2.20. The van der Waals surface area contributed by atoms with Gasteiger partial charge in [-0.05, 0) is 23.8 Å². The highest BCUT2D eigenvalue weighted by Crippen LogP contribution is 2.31. The molecule has 0 heterocycles. The molecular formula is C21H14ClNO4S. The molecule has 4 rings (SSSR count). The maximum atomic E-state index is 13.0. The lowest BCUT2D eigenvalue weighted by atomic mass is 9.84. The SMILES string of the molecule is O=C1c2ccccc2C(=O)c2c1cccc2S(=O)(=O)NCc1cccc(Cl)c1. The fraction of sp³-hybridized carbons (Fsp3) is 0.0476. The predicted molar refractivity (Wildman–Crippen MR) is 105 cm³/mol. The molecule has 0 aromatic heterocycles. The Morgan fingerprint density at radius 1 is 0.786 bits per heavy atom. The first kappa shape index (κ1) is 18.6. The van der Waals surface area contributed by atoms with Gasteiger partial charge in [0.2, 0.25) is 10.0 Å². The summed E-state index contributed by atoms with van der Waals surface area (Å²) in [6.07, 6.45) is 0. The number of sulfonamides is 1. The minimum absolute atomic E-state index is 0.00524. The summed E-state index contributed by atoms with van der Waals surface area (Å²) in [6.45, 7) is 0.00524. The monoisotopic (exact) mass is 411 g/mol. The number of carbonyl (C=O) groups excluding carboxylic acids is 2. The molecule has 0 radical (unpaired) electrons. The predicted octanol–water partition coefficient (Wildman–Crippen LogP) is 3.59. The van der Waals surface area contributed by atoms with Crippen molar-refractivity contribution in [1.82, 2.24) is 4.72 Å². The molecule has 140 valence electrons. The summed E-state index contributed by atoms with van der Waals surface area (Å²) < 4.78 is 28.3. The highest BCUT2D eigenvalue weighted by Gasteiger charge is 2.34. The molecule has 0 fully saturated rings. The average molecular weight is 412 g/mol. The normalized spacial score (nSPS) is 13.2. The zero-order valence-corrected chi connectivity index (χ0v) is 16.0. The van der Waals surface area contributed by atoms with Crippen molar-refractivity contribution in [3.8, 4) is 0 Å². The van der Waals surface area contributed by atoms with Gasteiger partial charge < -0.3 is 0 Å². The standard InChI is InChI=1S/C21H14ClNO4S/c22-14-6-3-5-13(11-14)12-23-28(26,27)18-10-4-9-17-19(18)21(25)16-8-2-1-7-15(16)20(17)24/h1-11,23H,12H2. The molecule has 3 aromatic rings. The lowest BCUT2D eigenvalue weighted by Crippen LogP contribution is -2.29. The molecule has 5 nitrogen and oxygen atoms in total. The van der Waals surface area contributed by atoms with Crippen LogP contribution in [-0.2, 0) is 16.6 Å². The van der Waals surface area contributed by atoms with Crippen LogP contribution in [0.1, 0.15) is 37.4 Å². The van der Waals surface area contributed by atoms with Gasteiger partial charge in [-0.15, -0.1) is 0 Å². The van der Waals surface area contributed by atoms with E-state index >= 15 is 0 Å². The molecule has 0 aliphatic heterocycles. The molecular weight excluding hydrogens is 398 g/mol. The van der Waals surface area contributed by atoms with E-state index in [1.54, 1.807) is 42.5 Å². The van der Waals surface area contributed by atoms with E-state index in [0.29, 0.717) is 10.6 Å². The second-order valence-electron chi connectivity index (χ2n) is 6.34. The third-order valence-electron chi connectivity index (χ3n) is 4.56. The van der Waals surface area contributed by atoms with Crippen molar-refractivity contribution in [3.05, 3.63) is 99.6 Å². The van der Waals surface area contributed by atoms with Gasteiger partial charge in [0.25, 0.3) is 0 Å². The summed E-state index contributed by atoms with van der Waals surface area (Å²) in [4.78, 5) is 25.5. The van der Waals surface area contributed by atoms with E-state index in [-0.39, 0.29) is 39.5 Å². The van der Waals surface area contributed by atoms with Gasteiger partial charge in [-0.3, -0.25) is 9.59 Å². The average Bonchev–Trinajstić information content (AvgIpc) is 2.70. The van der Waals surface area contributed by atoms with Crippen molar-refractivity contribution < 1.29 is 18.0 Å². The Bertz CT molecular complexity index is 1230. The second-order valence-corrected chi connectivity index (χ2v) is 8.51. The van der Waals surface area contributed by atoms with Crippen LogP contribution in [0, 0.1) is 0 Å². The van der Waals surface area contributed by atoms with Crippen LogP contribution in [0.2, 0.25) is 5.02 Å². The number of nitrogens with one attached hydrogen (secondary N) is 1. The largest absolute Gasteiger partial charge is 0.289 e. The molecule has 1 aliphatic rings. The van der Waals surface area contributed by atoms with E-state index in [2.05, 4.69) is 4.72 Å². The van der Waals surface area contributed by atoms with Gasteiger partial charge in [0, 0.05) is 28.3 Å². The maximum absolute atomic E-state index is 13.0. The summed E-state index contributed by atoms with van der Waals surface area (Å²) in [5, 5.41) is 0.492. The van der Waals surface area contributed by atoms with Crippen molar-refractivity contribution in [1.29, 1.82) is 0 Å². The summed E-state index contributed by atoms with van der Waals surface area (Å²) >= 11 is 5.93. The van der Waals surface area contributed by atoms with Crippen LogP contribution >= 0.6 is 11.6 Å². The number of halogens is 1. The second kappa shape index (κ2) is 6.98. The fourth-order valence-corrected chi connectivity index (χ4v) is 4.69. The molecule has 0 saturated heterocycles. The number of fused-ring (bicyclic) bond motifs is 2. The minimum Gasteiger partial charge on any atom is -0.289 e. The quantitative estimate of drug-likeness (QED) is 0.556. The molecule has 0 atom stereocenters. The number of carbonyl (C=O) groups is 2. The van der Waals surface area contributed by atoms with Crippen LogP contribution < -0.4 is 4.72 Å². The van der Waals surface area contributed by atoms with Gasteiger partial charge in [0.15, 0.2) is 11.6 Å². The summed E-state index contributed by atoms with van der Waals surface area (Å²) in [5.41, 5.74) is 1.16. The molecule has 0 amide bonds. The Morgan fingerprint density at radius 2 is 1.43 bits per heavy atom. The van der Waals surface area contributed by atoms with Gasteiger partial charge in [-0.1, -0.05) is 60.1 Å². The van der Waals surface area contributed by atoms with Crippen LogP contribution in [0.4, 0.5) is 0 Å². The third kappa shape index (κ3) is 3.16. The first-order valence-corrected chi connectivity index (χ1v) is 10.3. The van der Waals surface area contributed by atoms with E-state index < -0.39 is 15.8 Å². The van der Waals surface area contributed by atoms with Crippen molar-refractivity contribution in [2.24, 2.45) is 0 Å². The summed E-state index contributed by atoms with van der Waals surface area (Å²) in [6, 6.07) is 17.5. The zero-order valence-electron chi connectivity index (χ0n) is 14.5. The highest BCUT2D eigenvalue weighted by molar-refractivity contribution is 7.89. The highest BCUT2D eigenvalue weighted by atomic mass is 35.5. The van der Waals surface area contributed by atoms with Crippen LogP contribution in [0.5, 0.6) is 0 Å². The smallest absolute Gasteiger partial charge is 0.241 e.